The smallest absolute Gasteiger partial charge is 0.345 e. The van der Waals surface area contributed by atoms with Gasteiger partial charge in [0.25, 0.3) is 0 Å². The van der Waals surface area contributed by atoms with E-state index in [2.05, 4.69) is 5.32 Å². The lowest BCUT2D eigenvalue weighted by Gasteiger charge is -2.24. The third kappa shape index (κ3) is 8.19. The summed E-state index contributed by atoms with van der Waals surface area (Å²) in [4.78, 5) is 13.6. The van der Waals surface area contributed by atoms with Gasteiger partial charge < -0.3 is 38.8 Å². The molecule has 45 heavy (non-hydrogen) atoms. The van der Waals surface area contributed by atoms with Crippen LogP contribution in [0.4, 0.5) is 10.5 Å². The predicted octanol–water partition coefficient (Wildman–Crippen LogP) is 7.56. The summed E-state index contributed by atoms with van der Waals surface area (Å²) in [7, 11) is 6.22. The molecule has 1 aliphatic heterocycles. The zero-order chi connectivity index (χ0) is 32.5. The lowest BCUT2D eigenvalue weighted by atomic mass is 10.0. The van der Waals surface area contributed by atoms with E-state index in [1.807, 2.05) is 38.1 Å². The van der Waals surface area contributed by atoms with Crippen LogP contribution in [0, 0.1) is 0 Å². The molecule has 1 heterocycles. The summed E-state index contributed by atoms with van der Waals surface area (Å²) < 4.78 is 35.1. The number of thioether (sulfide) groups is 1. The number of nitrogens with zero attached hydrogens (tertiary/aromatic N) is 1. The molecule has 1 aliphatic rings. The molecule has 3 N–H and O–H groups in total. The van der Waals surface area contributed by atoms with E-state index in [1.165, 1.54) is 18.9 Å². The maximum Gasteiger partial charge on any atom is 0.345 e. The van der Waals surface area contributed by atoms with Gasteiger partial charge in [-0.05, 0) is 73.7 Å². The van der Waals surface area contributed by atoms with E-state index in [1.54, 1.807) is 45.6 Å². The normalized spacial score (nSPS) is 16.5. The summed E-state index contributed by atoms with van der Waals surface area (Å²) in [6, 6.07) is 13.7. The molecule has 1 fully saturated rings. The second-order valence-corrected chi connectivity index (χ2v) is 11.8. The largest absolute Gasteiger partial charge is 0.507 e. The molecular formula is C33H42N2O9S. The fourth-order valence-electron chi connectivity index (χ4n) is 5.11. The first-order valence-electron chi connectivity index (χ1n) is 14.8. The van der Waals surface area contributed by atoms with Gasteiger partial charge in [0.15, 0.2) is 23.0 Å². The maximum atomic E-state index is 13.0. The van der Waals surface area contributed by atoms with Crippen molar-refractivity contribution in [1.82, 2.24) is 5.06 Å². The average molecular weight is 643 g/mol. The molecule has 12 heteroatoms. The molecule has 244 valence electrons. The summed E-state index contributed by atoms with van der Waals surface area (Å²) >= 11 is 1.31. The Kier molecular flexibility index (Phi) is 11.9. The summed E-state index contributed by atoms with van der Waals surface area (Å²) in [5.41, 5.74) is 1.48. The van der Waals surface area contributed by atoms with Gasteiger partial charge in [-0.1, -0.05) is 37.2 Å². The number of benzene rings is 3. The Balaban J connectivity index is 1.64. The number of ether oxygens (including phenoxy) is 6. The van der Waals surface area contributed by atoms with Gasteiger partial charge in [0.2, 0.25) is 5.75 Å². The number of rotatable bonds is 14. The number of urea groups is 1. The molecular weight excluding hydrogens is 600 g/mol. The molecule has 2 amide bonds. The van der Waals surface area contributed by atoms with Crippen LogP contribution in [-0.4, -0.2) is 61.8 Å². The highest BCUT2D eigenvalue weighted by Gasteiger charge is 2.31. The topological polar surface area (TPSA) is 128 Å². The number of amides is 2. The summed E-state index contributed by atoms with van der Waals surface area (Å²) in [6.45, 7) is 3.98. The molecule has 0 aliphatic carbocycles. The molecule has 0 radical (unpaired) electrons. The van der Waals surface area contributed by atoms with Gasteiger partial charge in [-0.15, -0.1) is 0 Å². The summed E-state index contributed by atoms with van der Waals surface area (Å²) in [5, 5.41) is 24.1. The third-order valence-electron chi connectivity index (χ3n) is 7.39. The number of nitrogens with one attached hydrogen (secondary N) is 1. The number of aromatic hydroxyl groups is 1. The van der Waals surface area contributed by atoms with Crippen LogP contribution in [0.5, 0.6) is 34.5 Å². The van der Waals surface area contributed by atoms with Crippen LogP contribution >= 0.6 is 11.8 Å². The Morgan fingerprint density at radius 1 is 0.956 bits per heavy atom. The number of carbonyl (C=O) groups is 1. The van der Waals surface area contributed by atoms with Gasteiger partial charge in [-0.25, -0.2) is 9.86 Å². The highest BCUT2D eigenvalue weighted by Crippen LogP contribution is 2.48. The van der Waals surface area contributed by atoms with Gasteiger partial charge in [-0.3, -0.25) is 5.21 Å². The zero-order valence-corrected chi connectivity index (χ0v) is 27.3. The third-order valence-corrected chi connectivity index (χ3v) is 8.42. The lowest BCUT2D eigenvalue weighted by Crippen LogP contribution is -2.33. The number of methoxy groups -OCH3 is 4. The molecule has 11 nitrogen and oxygen atoms in total. The SMILES string of the molecule is CCCCN(O)C(=O)Nc1cc(C2CCC(c3cc(OC)c(OC)c(OC)c3)O2)cc(OC)c1OC(C)Sc1ccccc1O. The van der Waals surface area contributed by atoms with E-state index in [4.69, 9.17) is 28.4 Å². The fourth-order valence-corrected chi connectivity index (χ4v) is 5.95. The number of carbonyl (C=O) groups excluding carboxylic acids is 1. The van der Waals surface area contributed by atoms with Crippen molar-refractivity contribution < 1.29 is 43.5 Å². The number of para-hydroxylation sites is 1. The van der Waals surface area contributed by atoms with Crippen molar-refractivity contribution in [3.63, 3.8) is 0 Å². The van der Waals surface area contributed by atoms with E-state index < -0.39 is 11.5 Å². The second kappa shape index (κ2) is 15.8. The number of unbranched alkanes of at least 4 members (excludes halogenated alkanes) is 1. The molecule has 0 bridgehead atoms. The van der Waals surface area contributed by atoms with E-state index in [0.717, 1.165) is 24.0 Å². The first kappa shape index (κ1) is 33.9. The lowest BCUT2D eigenvalue weighted by molar-refractivity contribution is -0.0379. The average Bonchev–Trinajstić information content (AvgIpc) is 3.55. The highest BCUT2D eigenvalue weighted by atomic mass is 32.2. The van der Waals surface area contributed by atoms with Gasteiger partial charge in [0.05, 0.1) is 57.8 Å². The van der Waals surface area contributed by atoms with Gasteiger partial charge in [0, 0.05) is 0 Å². The van der Waals surface area contributed by atoms with Gasteiger partial charge >= 0.3 is 6.03 Å². The molecule has 0 aromatic heterocycles. The summed E-state index contributed by atoms with van der Waals surface area (Å²) in [5.74, 6) is 2.39. The Labute approximate surface area is 268 Å². The first-order valence-corrected chi connectivity index (χ1v) is 15.7. The van der Waals surface area contributed by atoms with Crippen molar-refractivity contribution in [3.05, 3.63) is 59.7 Å². The first-order chi connectivity index (χ1) is 21.7. The molecule has 3 unspecified atom stereocenters. The van der Waals surface area contributed by atoms with Crippen LogP contribution < -0.4 is 29.0 Å². The minimum absolute atomic E-state index is 0.140. The maximum absolute atomic E-state index is 13.0. The van der Waals surface area contributed by atoms with Crippen molar-refractivity contribution in [2.24, 2.45) is 0 Å². The highest BCUT2D eigenvalue weighted by molar-refractivity contribution is 7.99. The number of phenols is 1. The molecule has 4 rings (SSSR count). The number of phenolic OH excluding ortho intramolecular Hbond substituents is 1. The standard InChI is InChI=1S/C33H42N2O9S/c1-7-8-15-35(38)33(37)34-23-16-21(17-27(39-3)31(23)43-20(2)45-30-12-10-9-11-24(30)36)25-13-14-26(44-25)22-18-28(40-4)32(42-6)29(19-22)41-5/h9-12,16-20,25-26,36,38H,7-8,13-15H2,1-6H3,(H,34,37). The summed E-state index contributed by atoms with van der Waals surface area (Å²) in [6.07, 6.45) is 2.30. The van der Waals surface area contributed by atoms with Crippen LogP contribution in [0.3, 0.4) is 0 Å². The number of hydrogen-bond acceptors (Lipinski definition) is 10. The van der Waals surface area contributed by atoms with Crippen molar-refractivity contribution in [3.8, 4) is 34.5 Å². The fraction of sp³-hybridized carbons (Fsp3) is 0.424. The van der Waals surface area contributed by atoms with E-state index in [0.29, 0.717) is 51.5 Å². The van der Waals surface area contributed by atoms with Crippen molar-refractivity contribution in [2.45, 2.75) is 62.1 Å². The minimum Gasteiger partial charge on any atom is -0.507 e. The molecule has 3 aromatic carbocycles. The Bertz CT molecular complexity index is 1430. The monoisotopic (exact) mass is 642 g/mol. The number of anilines is 1. The van der Waals surface area contributed by atoms with E-state index >= 15 is 0 Å². The van der Waals surface area contributed by atoms with Crippen LogP contribution in [0.15, 0.2) is 53.4 Å². The van der Waals surface area contributed by atoms with Crippen molar-refractivity contribution in [1.29, 1.82) is 0 Å². The van der Waals surface area contributed by atoms with E-state index in [-0.39, 0.29) is 30.3 Å². The van der Waals surface area contributed by atoms with Crippen LogP contribution in [0.1, 0.15) is 62.9 Å². The van der Waals surface area contributed by atoms with Gasteiger partial charge in [-0.2, -0.15) is 0 Å². The minimum atomic E-state index is -0.698. The molecule has 3 atom stereocenters. The quantitative estimate of drug-likeness (QED) is 0.0701. The van der Waals surface area contributed by atoms with E-state index in [9.17, 15) is 15.1 Å². The second-order valence-electron chi connectivity index (χ2n) is 10.4. The van der Waals surface area contributed by atoms with Crippen molar-refractivity contribution >= 4 is 23.5 Å². The van der Waals surface area contributed by atoms with Crippen LogP contribution in [0.25, 0.3) is 0 Å². The zero-order valence-electron chi connectivity index (χ0n) is 26.5. The van der Waals surface area contributed by atoms with Crippen molar-refractivity contribution in [2.75, 3.05) is 40.3 Å². The number of hydroxylamine groups is 2. The number of hydrogen-bond donors (Lipinski definition) is 3. The molecule has 1 saturated heterocycles. The molecule has 3 aromatic rings. The Hall–Kier alpha value is -4.00. The van der Waals surface area contributed by atoms with Gasteiger partial charge in [0.1, 0.15) is 11.2 Å². The molecule has 0 saturated carbocycles. The van der Waals surface area contributed by atoms with Crippen LogP contribution in [0.2, 0.25) is 0 Å². The Morgan fingerprint density at radius 3 is 2.09 bits per heavy atom. The Morgan fingerprint density at radius 2 is 1.53 bits per heavy atom. The van der Waals surface area contributed by atoms with Crippen LogP contribution in [-0.2, 0) is 4.74 Å². The molecule has 0 spiro atoms. The predicted molar refractivity (Wildman–Crippen MR) is 171 cm³/mol.